The van der Waals surface area contributed by atoms with Crippen LogP contribution in [0.5, 0.6) is 0 Å². The second-order valence-electron chi connectivity index (χ2n) is 6.15. The van der Waals surface area contributed by atoms with Crippen molar-refractivity contribution in [1.82, 2.24) is 19.6 Å². The zero-order valence-electron chi connectivity index (χ0n) is 12.7. The molecule has 22 heavy (non-hydrogen) atoms. The average Bonchev–Trinajstić information content (AvgIpc) is 2.75. The van der Waals surface area contributed by atoms with Crippen molar-refractivity contribution in [3.63, 3.8) is 0 Å². The molecule has 0 radical (unpaired) electrons. The van der Waals surface area contributed by atoms with E-state index in [0.717, 1.165) is 5.69 Å². The summed E-state index contributed by atoms with van der Waals surface area (Å²) in [5, 5.41) is 23.3. The summed E-state index contributed by atoms with van der Waals surface area (Å²) in [6.45, 7) is 2.94. The van der Waals surface area contributed by atoms with Gasteiger partial charge in [-0.3, -0.25) is 9.48 Å². The smallest absolute Gasteiger partial charge is 0.407 e. The van der Waals surface area contributed by atoms with E-state index in [4.69, 9.17) is 0 Å². The molecule has 120 valence electrons. The van der Waals surface area contributed by atoms with E-state index in [-0.39, 0.29) is 31.0 Å². The van der Waals surface area contributed by atoms with E-state index in [2.05, 4.69) is 5.10 Å². The first-order valence-corrected chi connectivity index (χ1v) is 7.36. The lowest BCUT2D eigenvalue weighted by atomic mass is 10.00. The Balaban J connectivity index is 2.05. The fourth-order valence-corrected chi connectivity index (χ4v) is 3.29. The number of amides is 2. The predicted octanol–water partition coefficient (Wildman–Crippen LogP) is 0.00180. The number of fused-ring (bicyclic) bond motifs is 3. The number of carboxylic acid groups (broad SMARTS) is 1. The van der Waals surface area contributed by atoms with Crippen molar-refractivity contribution in [2.24, 2.45) is 5.92 Å². The maximum absolute atomic E-state index is 12.6. The molecular weight excluding hydrogens is 288 g/mol. The van der Waals surface area contributed by atoms with Crippen LogP contribution in [0.3, 0.4) is 0 Å². The molecule has 2 amide bonds. The standard InChI is InChI=1S/C14H20N4O4/c1-8-3-11-10(6-17(8)14(21)22)12-13(20)16(2)4-9(7-19)5-18(12)15-11/h8-9,19H,3-7H2,1-2H3,(H,21,22)/t8-,9+/m1/s1. The van der Waals surface area contributed by atoms with Crippen LogP contribution in [0.1, 0.15) is 28.7 Å². The summed E-state index contributed by atoms with van der Waals surface area (Å²) in [5.41, 5.74) is 1.96. The molecule has 0 bridgehead atoms. The lowest BCUT2D eigenvalue weighted by Crippen LogP contribution is -2.42. The summed E-state index contributed by atoms with van der Waals surface area (Å²) in [6.07, 6.45) is -0.483. The zero-order chi connectivity index (χ0) is 16.0. The van der Waals surface area contributed by atoms with Gasteiger partial charge in [0.1, 0.15) is 5.69 Å². The Bertz CT molecular complexity index is 627. The van der Waals surface area contributed by atoms with E-state index in [0.29, 0.717) is 30.8 Å². The zero-order valence-corrected chi connectivity index (χ0v) is 12.7. The van der Waals surface area contributed by atoms with Crippen molar-refractivity contribution in [2.45, 2.75) is 32.5 Å². The van der Waals surface area contributed by atoms with Gasteiger partial charge in [-0.1, -0.05) is 0 Å². The number of rotatable bonds is 1. The van der Waals surface area contributed by atoms with E-state index >= 15 is 0 Å². The molecule has 3 heterocycles. The lowest BCUT2D eigenvalue weighted by molar-refractivity contribution is 0.0758. The van der Waals surface area contributed by atoms with Gasteiger partial charge in [0.2, 0.25) is 0 Å². The predicted molar refractivity (Wildman–Crippen MR) is 76.5 cm³/mol. The van der Waals surface area contributed by atoms with Crippen LogP contribution < -0.4 is 0 Å². The third kappa shape index (κ3) is 2.23. The minimum Gasteiger partial charge on any atom is -0.465 e. The van der Waals surface area contributed by atoms with Crippen molar-refractivity contribution in [3.8, 4) is 0 Å². The summed E-state index contributed by atoms with van der Waals surface area (Å²) in [4.78, 5) is 26.9. The fourth-order valence-electron chi connectivity index (χ4n) is 3.29. The molecule has 8 nitrogen and oxygen atoms in total. The maximum atomic E-state index is 12.6. The Morgan fingerprint density at radius 3 is 2.77 bits per heavy atom. The van der Waals surface area contributed by atoms with E-state index in [1.807, 2.05) is 6.92 Å². The quantitative estimate of drug-likeness (QED) is 0.761. The first-order chi connectivity index (χ1) is 10.4. The van der Waals surface area contributed by atoms with Gasteiger partial charge in [-0.2, -0.15) is 5.10 Å². The van der Waals surface area contributed by atoms with Crippen LogP contribution in [0.25, 0.3) is 0 Å². The van der Waals surface area contributed by atoms with Crippen molar-refractivity contribution in [2.75, 3.05) is 20.2 Å². The molecule has 0 saturated heterocycles. The van der Waals surface area contributed by atoms with Gasteiger partial charge in [-0.25, -0.2) is 4.79 Å². The molecular formula is C14H20N4O4. The molecule has 0 unspecified atom stereocenters. The largest absolute Gasteiger partial charge is 0.465 e. The van der Waals surface area contributed by atoms with Gasteiger partial charge >= 0.3 is 6.09 Å². The third-order valence-corrected chi connectivity index (χ3v) is 4.50. The number of nitrogens with zero attached hydrogens (tertiary/aromatic N) is 4. The molecule has 3 rings (SSSR count). The first-order valence-electron chi connectivity index (χ1n) is 7.36. The SMILES string of the molecule is C[C@@H]1Cc2nn3c(c2CN1C(=O)O)C(=O)N(C)C[C@H](CO)C3. The molecule has 2 aliphatic rings. The van der Waals surface area contributed by atoms with Crippen molar-refractivity contribution in [3.05, 3.63) is 17.0 Å². The molecule has 0 fully saturated rings. The molecule has 2 N–H and O–H groups in total. The van der Waals surface area contributed by atoms with Crippen LogP contribution in [-0.2, 0) is 19.5 Å². The van der Waals surface area contributed by atoms with Crippen LogP contribution in [0.15, 0.2) is 0 Å². The van der Waals surface area contributed by atoms with Gasteiger partial charge < -0.3 is 20.0 Å². The van der Waals surface area contributed by atoms with Gasteiger partial charge in [0.15, 0.2) is 0 Å². The Hall–Kier alpha value is -2.09. The average molecular weight is 308 g/mol. The Kier molecular flexibility index (Phi) is 3.56. The van der Waals surface area contributed by atoms with Gasteiger partial charge in [0.25, 0.3) is 5.91 Å². The molecule has 1 aromatic heterocycles. The van der Waals surface area contributed by atoms with Crippen LogP contribution >= 0.6 is 0 Å². The van der Waals surface area contributed by atoms with Gasteiger partial charge in [0, 0.05) is 50.7 Å². The van der Waals surface area contributed by atoms with Crippen LogP contribution in [0.2, 0.25) is 0 Å². The lowest BCUT2D eigenvalue weighted by Gasteiger charge is -2.30. The van der Waals surface area contributed by atoms with E-state index in [1.54, 1.807) is 16.6 Å². The number of carbonyl (C=O) groups excluding carboxylic acids is 1. The molecule has 0 aliphatic carbocycles. The van der Waals surface area contributed by atoms with Crippen molar-refractivity contribution in [1.29, 1.82) is 0 Å². The minimum absolute atomic E-state index is 0.0146. The molecule has 2 atom stereocenters. The van der Waals surface area contributed by atoms with E-state index in [9.17, 15) is 19.8 Å². The highest BCUT2D eigenvalue weighted by molar-refractivity contribution is 5.94. The van der Waals surface area contributed by atoms with Gasteiger partial charge in [-0.15, -0.1) is 0 Å². The molecule has 2 aliphatic heterocycles. The highest BCUT2D eigenvalue weighted by Crippen LogP contribution is 2.28. The van der Waals surface area contributed by atoms with Crippen LogP contribution in [-0.4, -0.2) is 68.0 Å². The van der Waals surface area contributed by atoms with Gasteiger partial charge in [-0.05, 0) is 6.92 Å². The second-order valence-corrected chi connectivity index (χ2v) is 6.15. The third-order valence-electron chi connectivity index (χ3n) is 4.50. The number of aromatic nitrogens is 2. The molecule has 0 spiro atoms. The highest BCUT2D eigenvalue weighted by Gasteiger charge is 2.36. The number of carbonyl (C=O) groups is 2. The van der Waals surface area contributed by atoms with Crippen LogP contribution in [0, 0.1) is 5.92 Å². The Morgan fingerprint density at radius 2 is 2.14 bits per heavy atom. The number of hydrogen-bond donors (Lipinski definition) is 2. The first kappa shape index (κ1) is 14.8. The maximum Gasteiger partial charge on any atom is 0.407 e. The molecule has 8 heteroatoms. The Labute approximate surface area is 127 Å². The van der Waals surface area contributed by atoms with Crippen molar-refractivity contribution >= 4 is 12.0 Å². The number of aliphatic hydroxyl groups is 1. The summed E-state index contributed by atoms with van der Waals surface area (Å²) >= 11 is 0. The Morgan fingerprint density at radius 1 is 1.41 bits per heavy atom. The van der Waals surface area contributed by atoms with Gasteiger partial charge in [0.05, 0.1) is 12.2 Å². The van der Waals surface area contributed by atoms with Crippen LogP contribution in [0.4, 0.5) is 4.79 Å². The summed E-state index contributed by atoms with van der Waals surface area (Å²) in [6, 6.07) is -0.161. The number of aliphatic hydroxyl groups excluding tert-OH is 1. The molecule has 1 aromatic rings. The van der Waals surface area contributed by atoms with Crippen molar-refractivity contribution < 1.29 is 19.8 Å². The monoisotopic (exact) mass is 308 g/mol. The van der Waals surface area contributed by atoms with E-state index in [1.165, 1.54) is 4.90 Å². The second kappa shape index (κ2) is 5.28. The normalized spacial score (nSPS) is 24.8. The highest BCUT2D eigenvalue weighted by atomic mass is 16.4. The summed E-state index contributed by atoms with van der Waals surface area (Å²) < 4.78 is 1.65. The topological polar surface area (TPSA) is 98.9 Å². The van der Waals surface area contributed by atoms with E-state index < -0.39 is 6.09 Å². The minimum atomic E-state index is -0.985. The fraction of sp³-hybridized carbons (Fsp3) is 0.643. The molecule has 0 aromatic carbocycles. The molecule has 0 saturated carbocycles. The summed E-state index contributed by atoms with van der Waals surface area (Å²) in [5.74, 6) is -0.228. The summed E-state index contributed by atoms with van der Waals surface area (Å²) in [7, 11) is 1.69. The number of hydrogen-bond acceptors (Lipinski definition) is 4.